The molecule has 0 amide bonds. The molecule has 1 aromatic rings. The molecular weight excluding hydrogens is 318 g/mol. The van der Waals surface area contributed by atoms with Crippen molar-refractivity contribution in [3.8, 4) is 5.75 Å². The standard InChI is InChI=1S/C16H23NO5S/c1-12-7-14(8-16(18)21-12)22-15-9-17(10-15)23(19,20)11-13-5-3-2-4-6-13/h7-8,13,15H,2-6,9-11H2,1H3. The van der Waals surface area contributed by atoms with Crippen LogP contribution in [0.15, 0.2) is 21.3 Å². The molecule has 1 saturated carbocycles. The van der Waals surface area contributed by atoms with Gasteiger partial charge in [0.05, 0.1) is 24.9 Å². The third-order valence-electron chi connectivity index (χ3n) is 4.55. The fraction of sp³-hybridized carbons (Fsp3) is 0.688. The second-order valence-corrected chi connectivity index (χ2v) is 8.58. The molecule has 0 spiro atoms. The Labute approximate surface area is 136 Å². The van der Waals surface area contributed by atoms with E-state index in [0.29, 0.717) is 30.5 Å². The van der Waals surface area contributed by atoms with Crippen LogP contribution in [-0.4, -0.2) is 37.7 Å². The monoisotopic (exact) mass is 341 g/mol. The molecule has 6 nitrogen and oxygen atoms in total. The second-order valence-electron chi connectivity index (χ2n) is 6.56. The smallest absolute Gasteiger partial charge is 0.339 e. The molecule has 1 aliphatic heterocycles. The topological polar surface area (TPSA) is 76.8 Å². The number of aryl methyl sites for hydroxylation is 1. The van der Waals surface area contributed by atoms with Gasteiger partial charge in [-0.15, -0.1) is 0 Å². The van der Waals surface area contributed by atoms with Crippen LogP contribution in [-0.2, 0) is 10.0 Å². The minimum atomic E-state index is -3.19. The number of rotatable bonds is 5. The zero-order valence-electron chi connectivity index (χ0n) is 13.4. The third kappa shape index (κ3) is 4.14. The van der Waals surface area contributed by atoms with Crippen molar-refractivity contribution >= 4 is 10.0 Å². The largest absolute Gasteiger partial charge is 0.487 e. The Kier molecular flexibility index (Phi) is 4.77. The van der Waals surface area contributed by atoms with Crippen LogP contribution in [0.3, 0.4) is 0 Å². The van der Waals surface area contributed by atoms with Crippen LogP contribution in [0, 0.1) is 12.8 Å². The first kappa shape index (κ1) is 16.5. The molecule has 0 bridgehead atoms. The molecule has 0 aromatic carbocycles. The molecular formula is C16H23NO5S. The highest BCUT2D eigenvalue weighted by atomic mass is 32.2. The summed E-state index contributed by atoms with van der Waals surface area (Å²) in [5.74, 6) is 1.48. The maximum atomic E-state index is 12.4. The molecule has 0 radical (unpaired) electrons. The Balaban J connectivity index is 1.52. The normalized spacial score (nSPS) is 21.1. The highest BCUT2D eigenvalue weighted by Gasteiger charge is 2.38. The molecule has 128 valence electrons. The van der Waals surface area contributed by atoms with Crippen molar-refractivity contribution in [2.45, 2.75) is 45.1 Å². The van der Waals surface area contributed by atoms with Gasteiger partial charge in [0.15, 0.2) is 0 Å². The van der Waals surface area contributed by atoms with E-state index >= 15 is 0 Å². The van der Waals surface area contributed by atoms with Crippen molar-refractivity contribution in [2.75, 3.05) is 18.8 Å². The van der Waals surface area contributed by atoms with Crippen LogP contribution in [0.1, 0.15) is 37.9 Å². The van der Waals surface area contributed by atoms with E-state index in [1.54, 1.807) is 13.0 Å². The average molecular weight is 341 g/mol. The first-order chi connectivity index (χ1) is 10.9. The zero-order valence-corrected chi connectivity index (χ0v) is 14.2. The van der Waals surface area contributed by atoms with Crippen LogP contribution >= 0.6 is 0 Å². The van der Waals surface area contributed by atoms with Gasteiger partial charge in [0, 0.05) is 6.07 Å². The minimum absolute atomic E-state index is 0.197. The summed E-state index contributed by atoms with van der Waals surface area (Å²) in [7, 11) is -3.19. The van der Waals surface area contributed by atoms with Crippen molar-refractivity contribution in [3.63, 3.8) is 0 Å². The summed E-state index contributed by atoms with van der Waals surface area (Å²) in [6, 6.07) is 2.92. The van der Waals surface area contributed by atoms with E-state index in [9.17, 15) is 13.2 Å². The van der Waals surface area contributed by atoms with Crippen LogP contribution in [0.4, 0.5) is 0 Å². The molecule has 1 saturated heterocycles. The lowest BCUT2D eigenvalue weighted by atomic mass is 9.91. The molecule has 2 heterocycles. The van der Waals surface area contributed by atoms with Crippen molar-refractivity contribution in [2.24, 2.45) is 5.92 Å². The van der Waals surface area contributed by atoms with E-state index in [1.165, 1.54) is 16.8 Å². The summed E-state index contributed by atoms with van der Waals surface area (Å²) in [4.78, 5) is 11.3. The highest BCUT2D eigenvalue weighted by molar-refractivity contribution is 7.89. The number of nitrogens with zero attached hydrogens (tertiary/aromatic N) is 1. The van der Waals surface area contributed by atoms with Gasteiger partial charge in [-0.2, -0.15) is 4.31 Å². The quantitative estimate of drug-likeness (QED) is 0.818. The lowest BCUT2D eigenvalue weighted by molar-refractivity contribution is 0.0750. The Morgan fingerprint density at radius 1 is 1.22 bits per heavy atom. The van der Waals surface area contributed by atoms with E-state index in [4.69, 9.17) is 9.15 Å². The Morgan fingerprint density at radius 2 is 1.91 bits per heavy atom. The van der Waals surface area contributed by atoms with Gasteiger partial charge in [-0.25, -0.2) is 13.2 Å². The average Bonchev–Trinajstić information content (AvgIpc) is 2.41. The van der Waals surface area contributed by atoms with Crippen LogP contribution in [0.25, 0.3) is 0 Å². The number of hydrogen-bond donors (Lipinski definition) is 0. The van der Waals surface area contributed by atoms with E-state index in [0.717, 1.165) is 25.7 Å². The van der Waals surface area contributed by atoms with E-state index < -0.39 is 15.6 Å². The lowest BCUT2D eigenvalue weighted by Gasteiger charge is -2.38. The minimum Gasteiger partial charge on any atom is -0.487 e. The van der Waals surface area contributed by atoms with Crippen molar-refractivity contribution in [1.82, 2.24) is 4.31 Å². The SMILES string of the molecule is Cc1cc(OC2CN(S(=O)(=O)CC3CCCCC3)C2)cc(=O)o1. The van der Waals surface area contributed by atoms with Crippen molar-refractivity contribution in [3.05, 3.63) is 28.3 Å². The molecule has 23 heavy (non-hydrogen) atoms. The first-order valence-electron chi connectivity index (χ1n) is 8.19. The Hall–Kier alpha value is -1.34. The predicted molar refractivity (Wildman–Crippen MR) is 86.1 cm³/mol. The fourth-order valence-electron chi connectivity index (χ4n) is 3.30. The van der Waals surface area contributed by atoms with Gasteiger partial charge in [-0.05, 0) is 25.7 Å². The van der Waals surface area contributed by atoms with Crippen molar-refractivity contribution in [1.29, 1.82) is 0 Å². The predicted octanol–water partition coefficient (Wildman–Crippen LogP) is 1.92. The maximum Gasteiger partial charge on any atom is 0.339 e. The summed E-state index contributed by atoms with van der Waals surface area (Å²) in [6.07, 6.45) is 5.35. The summed E-state index contributed by atoms with van der Waals surface area (Å²) in [6.45, 7) is 2.39. The summed E-state index contributed by atoms with van der Waals surface area (Å²) in [5, 5.41) is 0. The molecule has 0 unspecified atom stereocenters. The fourth-order valence-corrected chi connectivity index (χ4v) is 5.22. The van der Waals surface area contributed by atoms with E-state index in [-0.39, 0.29) is 11.9 Å². The van der Waals surface area contributed by atoms with Gasteiger partial charge >= 0.3 is 5.63 Å². The van der Waals surface area contributed by atoms with E-state index in [1.807, 2.05) is 0 Å². The third-order valence-corrected chi connectivity index (χ3v) is 6.53. The first-order valence-corrected chi connectivity index (χ1v) is 9.79. The molecule has 1 aliphatic carbocycles. The van der Waals surface area contributed by atoms with Gasteiger partial charge in [0.25, 0.3) is 0 Å². The Morgan fingerprint density at radius 3 is 2.57 bits per heavy atom. The van der Waals surface area contributed by atoms with Crippen LogP contribution in [0.5, 0.6) is 5.75 Å². The zero-order chi connectivity index (χ0) is 16.4. The summed E-state index contributed by atoms with van der Waals surface area (Å²) < 4.78 is 36.8. The highest BCUT2D eigenvalue weighted by Crippen LogP contribution is 2.28. The molecule has 7 heteroatoms. The van der Waals surface area contributed by atoms with Gasteiger partial charge in [0.2, 0.25) is 10.0 Å². The second kappa shape index (κ2) is 6.65. The molecule has 0 atom stereocenters. The summed E-state index contributed by atoms with van der Waals surface area (Å²) >= 11 is 0. The number of hydrogen-bond acceptors (Lipinski definition) is 5. The Bertz CT molecular complexity index is 699. The lowest BCUT2D eigenvalue weighted by Crippen LogP contribution is -2.57. The van der Waals surface area contributed by atoms with Gasteiger partial charge in [-0.1, -0.05) is 19.3 Å². The van der Waals surface area contributed by atoms with Crippen LogP contribution in [0.2, 0.25) is 0 Å². The molecule has 1 aromatic heterocycles. The molecule has 2 fully saturated rings. The van der Waals surface area contributed by atoms with Crippen molar-refractivity contribution < 1.29 is 17.6 Å². The number of sulfonamides is 1. The molecule has 0 N–H and O–H groups in total. The van der Waals surface area contributed by atoms with Gasteiger partial charge in [-0.3, -0.25) is 0 Å². The molecule has 2 aliphatic rings. The number of ether oxygens (including phenoxy) is 1. The van der Waals surface area contributed by atoms with E-state index in [2.05, 4.69) is 0 Å². The van der Waals surface area contributed by atoms with Gasteiger partial charge in [0.1, 0.15) is 17.6 Å². The maximum absolute atomic E-state index is 12.4. The van der Waals surface area contributed by atoms with Gasteiger partial charge < -0.3 is 9.15 Å². The summed E-state index contributed by atoms with van der Waals surface area (Å²) in [5.41, 5.74) is -0.457. The molecule has 3 rings (SSSR count). The van der Waals surface area contributed by atoms with Crippen LogP contribution < -0.4 is 10.4 Å².